The van der Waals surface area contributed by atoms with Gasteiger partial charge in [0.15, 0.2) is 38.5 Å². The maximum absolute atomic E-state index is 11.5. The molecular weight excluding hydrogens is 1790 g/mol. The number of methoxy groups -OCH3 is 3. The molecule has 0 bridgehead atoms. The Morgan fingerprint density at radius 3 is 0.993 bits per heavy atom. The predicted molar refractivity (Wildman–Crippen MR) is 559 cm³/mol. The van der Waals surface area contributed by atoms with Crippen molar-refractivity contribution in [1.29, 1.82) is 0 Å². The number of aryl methyl sites for hydroxylation is 2. The molecule has 0 radical (unpaired) electrons. The van der Waals surface area contributed by atoms with Crippen LogP contribution in [0, 0.1) is 25.9 Å². The average Bonchev–Trinajstić information content (AvgIpc) is 0.763. The molecule has 13 aromatic carbocycles. The lowest BCUT2D eigenvalue weighted by molar-refractivity contribution is -0.142. The molecule has 0 unspecified atom stereocenters. The summed E-state index contributed by atoms with van der Waals surface area (Å²) in [5.41, 5.74) is 25.6. The standard InChI is InChI=1S/C31H30N2O2.C29H26N2O2.C21H26N2O2.C14H20O3.C13H14O4.C11H14O3.H2O/c1-31(2,25-13-15-29-23(17-25)19-32(21-34-29)27-9-5-3-6-10-27)26-14-16-30-24(18-26)20-33(22-35-30)28-11-7-4-8-12-28;1-3-7-26(8-4-1)30-18-24-16-22(11-13-28(24)32-20-30)15-23-12-14-29-25(17-23)19-31(21-33-29)27-9-5-2-6-10-27;1-21(2,17-5-7-19-15(9-17)11-22(3)13-24-19)18-6-8-20-16(10-18)12-23(4)14-25-20;1-9(15)12-7-11(14(2,3)4)6-10(8-17-5)13(12)16;1-9-6-11(4-5-16-3)13(15)12(7-9)8-17-10(2)14;1-7-4-9(6-14-3)11(13)10(5-7)8(2)12;/h3-18H,19-22H2,1-2H3;1-14,16-17H,15,18-21H2;5-10H,11-14H2,1-4H3;6-7,16H,8H2,1-5H3;6-7,15H,8H2,1-3H3;4-5,13H,6H2,1-3H3;1H2. The molecule has 6 aliphatic heterocycles. The van der Waals surface area contributed by atoms with E-state index >= 15 is 0 Å². The predicted octanol–water partition coefficient (Wildman–Crippen LogP) is 22.3. The highest BCUT2D eigenvalue weighted by Gasteiger charge is 2.32. The first-order valence-corrected chi connectivity index (χ1v) is 47.5. The number of aromatic hydroxyl groups is 3. The molecule has 0 saturated carbocycles. The Morgan fingerprint density at radius 2 is 0.662 bits per heavy atom. The van der Waals surface area contributed by atoms with Crippen LogP contribution in [0.2, 0.25) is 0 Å². The fourth-order valence-electron chi connectivity index (χ4n) is 17.8. The molecule has 142 heavy (non-hydrogen) atoms. The van der Waals surface area contributed by atoms with E-state index in [1.54, 1.807) is 38.5 Å². The number of hydrogen-bond donors (Lipinski definition) is 3. The van der Waals surface area contributed by atoms with Gasteiger partial charge in [-0.1, -0.05) is 164 Å². The number of phenols is 3. The van der Waals surface area contributed by atoms with Crippen molar-refractivity contribution in [3.8, 4) is 63.8 Å². The van der Waals surface area contributed by atoms with Crippen LogP contribution in [-0.2, 0) is 105 Å². The Hall–Kier alpha value is -14.8. The zero-order valence-corrected chi connectivity index (χ0v) is 84.5. The van der Waals surface area contributed by atoms with Gasteiger partial charge < -0.3 is 87.8 Å². The molecule has 0 amide bonds. The maximum atomic E-state index is 11.5. The molecule has 23 heteroatoms. The van der Waals surface area contributed by atoms with E-state index in [4.69, 9.17) is 42.6 Å². The number of carbonyl (C=O) groups is 3. The molecule has 23 nitrogen and oxygen atoms in total. The van der Waals surface area contributed by atoms with Crippen LogP contribution >= 0.6 is 0 Å². The van der Waals surface area contributed by atoms with E-state index in [-0.39, 0.29) is 57.1 Å². The first-order chi connectivity index (χ1) is 67.7. The molecule has 0 fully saturated rings. The van der Waals surface area contributed by atoms with Crippen LogP contribution in [0.4, 0.5) is 22.7 Å². The smallest absolute Gasteiger partial charge is 0.302 e. The fraction of sp³-hybridized carbons (Fsp3) is 0.303. The Kier molecular flexibility index (Phi) is 35.0. The summed E-state index contributed by atoms with van der Waals surface area (Å²) in [5.74, 6) is 8.05. The molecule has 0 aromatic heterocycles. The number of anilines is 4. The summed E-state index contributed by atoms with van der Waals surface area (Å²) in [4.78, 5) is 46.8. The summed E-state index contributed by atoms with van der Waals surface area (Å²) in [5, 5.41) is 29.6. The van der Waals surface area contributed by atoms with Crippen molar-refractivity contribution in [2.45, 2.75) is 165 Å². The summed E-state index contributed by atoms with van der Waals surface area (Å²) in [7, 11) is 8.73. The lowest BCUT2D eigenvalue weighted by atomic mass is 9.77. The van der Waals surface area contributed by atoms with Crippen molar-refractivity contribution in [1.82, 2.24) is 9.80 Å². The number of hydrogen-bond acceptors (Lipinski definition) is 22. The molecular formula is C119H132N6O17. The minimum absolute atomic E-state index is 0. The molecule has 740 valence electrons. The van der Waals surface area contributed by atoms with Crippen LogP contribution in [0.5, 0.6) is 51.7 Å². The third-order valence-corrected chi connectivity index (χ3v) is 25.8. The zero-order valence-electron chi connectivity index (χ0n) is 84.5. The van der Waals surface area contributed by atoms with Crippen molar-refractivity contribution in [2.75, 3.05) is 95.4 Å². The zero-order chi connectivity index (χ0) is 100. The van der Waals surface area contributed by atoms with Crippen LogP contribution in [0.15, 0.2) is 267 Å². The quantitative estimate of drug-likeness (QED) is 0.0410. The Morgan fingerprint density at radius 1 is 0.352 bits per heavy atom. The number of benzene rings is 13. The SMILES string of the molecule is CC(C)(c1ccc2c(c1)CN(c1ccccc1)CO2)c1ccc2c(c1)CN(c1ccccc1)CO2.CN1COc2ccc(C(C)(C)c3ccc4c(c3)CN(C)CO4)cc2C1.COC#Cc1cc(C)cc(COC(C)=O)c1O.COCc1cc(C(C)(C)C)cc(C(C)=O)c1O.COCc1cc(C)cc(C(C)=O)c1O.O.c1ccc(N2COc3ccc(Cc4ccc5c(c4)CN(c4ccccc4)CO5)cc3C2)cc1. The van der Waals surface area contributed by atoms with Crippen molar-refractivity contribution < 1.29 is 82.5 Å². The number of para-hydroxylation sites is 4. The highest BCUT2D eigenvalue weighted by Crippen LogP contribution is 2.44. The number of esters is 1. The first kappa shape index (κ1) is 105. The van der Waals surface area contributed by atoms with Crippen LogP contribution in [-0.4, -0.2) is 124 Å². The summed E-state index contributed by atoms with van der Waals surface area (Å²) >= 11 is 0. The third kappa shape index (κ3) is 26.5. The first-order valence-electron chi connectivity index (χ1n) is 47.5. The second-order valence-electron chi connectivity index (χ2n) is 38.5. The molecule has 0 atom stereocenters. The van der Waals surface area contributed by atoms with Crippen LogP contribution < -0.4 is 48.0 Å². The van der Waals surface area contributed by atoms with Crippen LogP contribution in [0.25, 0.3) is 0 Å². The van der Waals surface area contributed by atoms with E-state index in [0.29, 0.717) is 87.0 Å². The molecule has 19 rings (SSSR count). The number of rotatable bonds is 18. The Bertz CT molecular complexity index is 6350. The van der Waals surface area contributed by atoms with Gasteiger partial charge in [-0.15, -0.1) is 0 Å². The van der Waals surface area contributed by atoms with Gasteiger partial charge in [-0.25, -0.2) is 0 Å². The van der Waals surface area contributed by atoms with E-state index in [1.807, 2.05) is 50.2 Å². The van der Waals surface area contributed by atoms with Crippen molar-refractivity contribution in [2.24, 2.45) is 0 Å². The van der Waals surface area contributed by atoms with Gasteiger partial charge in [0, 0.05) is 144 Å². The molecule has 0 saturated heterocycles. The third-order valence-electron chi connectivity index (χ3n) is 25.8. The van der Waals surface area contributed by atoms with Crippen molar-refractivity contribution >= 4 is 40.3 Å². The van der Waals surface area contributed by atoms with E-state index in [2.05, 4.69) is 315 Å². The molecule has 6 heterocycles. The number of nitrogens with zero attached hydrogens (tertiary/aromatic N) is 6. The highest BCUT2D eigenvalue weighted by atomic mass is 16.5. The molecule has 5 N–H and O–H groups in total. The maximum Gasteiger partial charge on any atom is 0.302 e. The van der Waals surface area contributed by atoms with Crippen molar-refractivity contribution in [3.05, 3.63) is 384 Å². The number of ketones is 2. The monoisotopic (exact) mass is 1920 g/mol. The fourth-order valence-corrected chi connectivity index (χ4v) is 17.8. The van der Waals surface area contributed by atoms with Gasteiger partial charge in [-0.2, -0.15) is 0 Å². The summed E-state index contributed by atoms with van der Waals surface area (Å²) in [6.45, 7) is 32.9. The van der Waals surface area contributed by atoms with Crippen LogP contribution in [0.3, 0.4) is 0 Å². The summed E-state index contributed by atoms with van der Waals surface area (Å²) in [6.07, 6.45) is 3.29. The molecule has 13 aromatic rings. The van der Waals surface area contributed by atoms with Gasteiger partial charge in [-0.05, 0) is 261 Å². The van der Waals surface area contributed by atoms with Crippen LogP contribution in [0.1, 0.15) is 196 Å². The number of ether oxygens (including phenoxy) is 10. The molecule has 0 aliphatic carbocycles. The minimum atomic E-state index is -0.393. The number of carbonyl (C=O) groups excluding carboxylic acids is 3. The van der Waals surface area contributed by atoms with E-state index in [9.17, 15) is 29.7 Å². The lowest BCUT2D eigenvalue weighted by Gasteiger charge is -2.34. The largest absolute Gasteiger partial charge is 0.507 e. The van der Waals surface area contributed by atoms with Gasteiger partial charge >= 0.3 is 5.97 Å². The number of Topliss-reactive ketones (excluding diaryl/α,β-unsaturated/α-hetero) is 2. The van der Waals surface area contributed by atoms with E-state index in [1.165, 1.54) is 117 Å². The molecule has 0 spiro atoms. The number of fused-ring (bicyclic) bond motifs is 6. The topological polar surface area (TPSA) is 255 Å². The Labute approximate surface area is 835 Å². The van der Waals surface area contributed by atoms with Gasteiger partial charge in [0.2, 0.25) is 0 Å². The number of phenolic OH excluding ortho intramolecular Hbond substituents is 3. The van der Waals surface area contributed by atoms with E-state index in [0.717, 1.165) is 96.9 Å². The normalized spacial score (nSPS) is 13.8. The minimum Gasteiger partial charge on any atom is -0.507 e. The van der Waals surface area contributed by atoms with Gasteiger partial charge in [0.1, 0.15) is 77.9 Å². The van der Waals surface area contributed by atoms with Gasteiger partial charge in [0.05, 0.1) is 37.0 Å². The van der Waals surface area contributed by atoms with Gasteiger partial charge in [-0.3, -0.25) is 24.2 Å². The average molecular weight is 1920 g/mol. The highest BCUT2D eigenvalue weighted by molar-refractivity contribution is 5.98. The summed E-state index contributed by atoms with van der Waals surface area (Å²) in [6, 6.07) is 92.2. The lowest BCUT2D eigenvalue weighted by Crippen LogP contribution is -2.32. The second kappa shape index (κ2) is 47.5. The van der Waals surface area contributed by atoms with Gasteiger partial charge in [0.25, 0.3) is 0 Å². The summed E-state index contributed by atoms with van der Waals surface area (Å²) < 4.78 is 55.3. The second-order valence-corrected chi connectivity index (χ2v) is 38.5. The van der Waals surface area contributed by atoms with Crippen molar-refractivity contribution in [3.63, 3.8) is 0 Å². The molecule has 6 aliphatic rings. The Balaban J connectivity index is 0.000000148. The van der Waals surface area contributed by atoms with E-state index < -0.39 is 5.97 Å².